The van der Waals surface area contributed by atoms with E-state index >= 15 is 0 Å². The van der Waals surface area contributed by atoms with Gasteiger partial charge in [-0.15, -0.1) is 0 Å². The number of amides is 1. The van der Waals surface area contributed by atoms with E-state index in [0.29, 0.717) is 6.42 Å². The Balaban J connectivity index is 5.66. The summed E-state index contributed by atoms with van der Waals surface area (Å²) in [6, 6.07) is 0. The SMILES string of the molecule is CC(=O)OC[C@@H](OC(C)=O)[C@@H](OC(C)=O)[C@H](OC(C)=O)[C@@H](OC(C)=O)C(=O)NCCCCCCCCCCS. The molecule has 1 N–H and O–H groups in total. The molecule has 0 saturated carbocycles. The van der Waals surface area contributed by atoms with E-state index in [2.05, 4.69) is 17.9 Å². The van der Waals surface area contributed by atoms with Crippen molar-refractivity contribution in [2.75, 3.05) is 18.9 Å². The normalized spacial score (nSPS) is 13.7. The summed E-state index contributed by atoms with van der Waals surface area (Å²) < 4.78 is 25.8. The Morgan fingerprint density at radius 1 is 0.590 bits per heavy atom. The Hall–Kier alpha value is -2.83. The van der Waals surface area contributed by atoms with E-state index in [-0.39, 0.29) is 6.54 Å². The molecule has 0 radical (unpaired) electrons. The molecule has 0 saturated heterocycles. The highest BCUT2D eigenvalue weighted by Crippen LogP contribution is 2.21. The van der Waals surface area contributed by atoms with Crippen molar-refractivity contribution in [2.45, 2.75) is 110 Å². The number of rotatable bonds is 20. The summed E-state index contributed by atoms with van der Waals surface area (Å²) in [6.07, 6.45) is 1.51. The van der Waals surface area contributed by atoms with Crippen molar-refractivity contribution >= 4 is 48.4 Å². The zero-order chi connectivity index (χ0) is 29.8. The number of unbranched alkanes of at least 4 members (excludes halogenated alkanes) is 7. The molecular formula is C26H43NO11S. The third-order valence-electron chi connectivity index (χ3n) is 5.30. The number of esters is 5. The average molecular weight is 578 g/mol. The molecule has 0 aliphatic heterocycles. The molecule has 4 atom stereocenters. The first-order valence-corrected chi connectivity index (χ1v) is 13.7. The molecule has 0 heterocycles. The lowest BCUT2D eigenvalue weighted by atomic mass is 10.0. The zero-order valence-corrected chi connectivity index (χ0v) is 24.4. The van der Waals surface area contributed by atoms with Gasteiger partial charge in [-0.1, -0.05) is 38.5 Å². The molecule has 0 aliphatic carbocycles. The third-order valence-corrected chi connectivity index (χ3v) is 5.61. The first kappa shape index (κ1) is 36.2. The molecule has 0 aromatic rings. The summed E-state index contributed by atoms with van der Waals surface area (Å²) in [5, 5.41) is 2.65. The first-order chi connectivity index (χ1) is 18.4. The van der Waals surface area contributed by atoms with E-state index in [1.807, 2.05) is 0 Å². The maximum absolute atomic E-state index is 13.1. The van der Waals surface area contributed by atoms with Gasteiger partial charge in [-0.2, -0.15) is 12.6 Å². The van der Waals surface area contributed by atoms with Gasteiger partial charge in [-0.25, -0.2) is 0 Å². The molecule has 0 aliphatic rings. The zero-order valence-electron chi connectivity index (χ0n) is 23.5. The van der Waals surface area contributed by atoms with Crippen LogP contribution in [0.25, 0.3) is 0 Å². The monoisotopic (exact) mass is 577 g/mol. The van der Waals surface area contributed by atoms with E-state index in [1.165, 1.54) is 0 Å². The Kier molecular flexibility index (Phi) is 19.5. The van der Waals surface area contributed by atoms with Crippen LogP contribution in [0.1, 0.15) is 86.0 Å². The van der Waals surface area contributed by atoms with Gasteiger partial charge < -0.3 is 29.0 Å². The molecule has 0 fully saturated rings. The maximum atomic E-state index is 13.1. The van der Waals surface area contributed by atoms with Gasteiger partial charge in [0.2, 0.25) is 6.10 Å². The van der Waals surface area contributed by atoms with Gasteiger partial charge in [0.25, 0.3) is 5.91 Å². The smallest absolute Gasteiger partial charge is 0.303 e. The number of carbonyl (C=O) groups is 6. The second-order valence-corrected chi connectivity index (χ2v) is 9.42. The molecule has 224 valence electrons. The Bertz CT molecular complexity index is 805. The highest BCUT2D eigenvalue weighted by Gasteiger charge is 2.46. The second kappa shape index (κ2) is 21.0. The molecule has 0 aromatic heterocycles. The van der Waals surface area contributed by atoms with Crippen LogP contribution in [0.4, 0.5) is 0 Å². The number of hydrogen-bond acceptors (Lipinski definition) is 12. The van der Waals surface area contributed by atoms with Crippen LogP contribution in [0, 0.1) is 0 Å². The van der Waals surface area contributed by atoms with Gasteiger partial charge in [0.1, 0.15) is 6.61 Å². The summed E-state index contributed by atoms with van der Waals surface area (Å²) >= 11 is 4.20. The molecule has 0 rings (SSSR count). The standard InChI is InChI=1S/C26H43NO11S/c1-17(28)34-16-22(35-18(2)29)23(36-19(3)30)24(37-20(4)31)25(38-21(5)32)26(33)27-14-12-10-8-6-7-9-11-13-15-39/h22-25,39H,6-16H2,1-5H3,(H,27,33)/t22-,23-,24+,25-/m1/s1. The predicted molar refractivity (Wildman–Crippen MR) is 143 cm³/mol. The molecule has 0 unspecified atom stereocenters. The summed E-state index contributed by atoms with van der Waals surface area (Å²) in [4.78, 5) is 72.1. The van der Waals surface area contributed by atoms with E-state index in [1.54, 1.807) is 0 Å². The van der Waals surface area contributed by atoms with Gasteiger partial charge in [-0.05, 0) is 18.6 Å². The van der Waals surface area contributed by atoms with E-state index in [4.69, 9.17) is 23.7 Å². The van der Waals surface area contributed by atoms with Crippen LogP contribution in [0.15, 0.2) is 0 Å². The number of thiol groups is 1. The maximum Gasteiger partial charge on any atom is 0.303 e. The predicted octanol–water partition coefficient (Wildman–Crippen LogP) is 2.44. The minimum atomic E-state index is -1.77. The molecule has 0 bridgehead atoms. The molecule has 0 spiro atoms. The van der Waals surface area contributed by atoms with Crippen LogP contribution in [-0.4, -0.2) is 79.1 Å². The van der Waals surface area contributed by atoms with E-state index in [9.17, 15) is 28.8 Å². The van der Waals surface area contributed by atoms with Crippen molar-refractivity contribution in [1.29, 1.82) is 0 Å². The molecular weight excluding hydrogens is 534 g/mol. The lowest BCUT2D eigenvalue weighted by Gasteiger charge is -2.34. The topological polar surface area (TPSA) is 161 Å². The van der Waals surface area contributed by atoms with Crippen LogP contribution in [0.5, 0.6) is 0 Å². The van der Waals surface area contributed by atoms with Crippen LogP contribution < -0.4 is 5.32 Å². The number of ether oxygens (including phenoxy) is 5. The van der Waals surface area contributed by atoms with Crippen molar-refractivity contribution in [1.82, 2.24) is 5.32 Å². The Labute approximate surface area is 235 Å². The van der Waals surface area contributed by atoms with Crippen molar-refractivity contribution in [3.63, 3.8) is 0 Å². The van der Waals surface area contributed by atoms with E-state index in [0.717, 1.165) is 85.3 Å². The summed E-state index contributed by atoms with van der Waals surface area (Å²) in [6.45, 7) is 4.95. The van der Waals surface area contributed by atoms with Crippen molar-refractivity contribution < 1.29 is 52.5 Å². The fraction of sp³-hybridized carbons (Fsp3) is 0.769. The van der Waals surface area contributed by atoms with E-state index < -0.39 is 66.8 Å². The van der Waals surface area contributed by atoms with Crippen molar-refractivity contribution in [3.05, 3.63) is 0 Å². The van der Waals surface area contributed by atoms with Gasteiger partial charge in [0, 0.05) is 41.2 Å². The van der Waals surface area contributed by atoms with Gasteiger partial charge >= 0.3 is 29.8 Å². The van der Waals surface area contributed by atoms with Crippen LogP contribution in [-0.2, 0) is 52.5 Å². The first-order valence-electron chi connectivity index (χ1n) is 13.1. The fourth-order valence-electron chi connectivity index (χ4n) is 3.71. The minimum absolute atomic E-state index is 0.252. The fourth-order valence-corrected chi connectivity index (χ4v) is 3.93. The van der Waals surface area contributed by atoms with Crippen LogP contribution >= 0.6 is 12.6 Å². The molecule has 39 heavy (non-hydrogen) atoms. The number of hydrogen-bond donors (Lipinski definition) is 2. The molecule has 13 heteroatoms. The highest BCUT2D eigenvalue weighted by atomic mass is 32.1. The van der Waals surface area contributed by atoms with Crippen LogP contribution in [0.2, 0.25) is 0 Å². The van der Waals surface area contributed by atoms with Crippen LogP contribution in [0.3, 0.4) is 0 Å². The van der Waals surface area contributed by atoms with Gasteiger partial charge in [-0.3, -0.25) is 28.8 Å². The summed E-state index contributed by atoms with van der Waals surface area (Å²) in [5.41, 5.74) is 0. The minimum Gasteiger partial charge on any atom is -0.462 e. The van der Waals surface area contributed by atoms with Gasteiger partial charge in [0.05, 0.1) is 0 Å². The Morgan fingerprint density at radius 2 is 1.05 bits per heavy atom. The molecule has 12 nitrogen and oxygen atoms in total. The highest BCUT2D eigenvalue weighted by molar-refractivity contribution is 7.80. The molecule has 1 amide bonds. The summed E-state index contributed by atoms with van der Waals surface area (Å²) in [7, 11) is 0. The number of nitrogens with one attached hydrogen (secondary N) is 1. The summed E-state index contributed by atoms with van der Waals surface area (Å²) in [5.74, 6) is -4.14. The molecule has 0 aromatic carbocycles. The van der Waals surface area contributed by atoms with Crippen molar-refractivity contribution in [2.24, 2.45) is 0 Å². The third kappa shape index (κ3) is 18.2. The number of carbonyl (C=O) groups excluding carboxylic acids is 6. The lowest BCUT2D eigenvalue weighted by Crippen LogP contribution is -2.57. The Morgan fingerprint density at radius 3 is 1.51 bits per heavy atom. The quantitative estimate of drug-likeness (QED) is 0.0946. The second-order valence-electron chi connectivity index (χ2n) is 8.97. The lowest BCUT2D eigenvalue weighted by molar-refractivity contribution is -0.203. The van der Waals surface area contributed by atoms with Crippen molar-refractivity contribution in [3.8, 4) is 0 Å². The van der Waals surface area contributed by atoms with Gasteiger partial charge in [0.15, 0.2) is 18.3 Å². The average Bonchev–Trinajstić information content (AvgIpc) is 2.82. The largest absolute Gasteiger partial charge is 0.462 e.